The van der Waals surface area contributed by atoms with Crippen molar-refractivity contribution in [1.29, 1.82) is 0 Å². The quantitative estimate of drug-likeness (QED) is 0.764. The molecule has 3 aliphatic rings. The molecule has 5 atom stereocenters. The highest BCUT2D eigenvalue weighted by atomic mass is 15.3. The molecule has 0 aliphatic carbocycles. The Hall–Kier alpha value is -0.160. The molecule has 3 aliphatic heterocycles. The van der Waals surface area contributed by atoms with Crippen LogP contribution in [0.5, 0.6) is 0 Å². The fourth-order valence-corrected chi connectivity index (χ4v) is 5.13. The van der Waals surface area contributed by atoms with E-state index in [0.717, 1.165) is 12.1 Å². The summed E-state index contributed by atoms with van der Waals surface area (Å²) in [6.07, 6.45) is 4.17. The van der Waals surface area contributed by atoms with Crippen LogP contribution in [0, 0.1) is 0 Å². The van der Waals surface area contributed by atoms with Crippen molar-refractivity contribution in [2.24, 2.45) is 0 Å². The van der Waals surface area contributed by atoms with E-state index in [1.165, 1.54) is 52.0 Å². The van der Waals surface area contributed by atoms with E-state index in [-0.39, 0.29) is 0 Å². The molecule has 3 heterocycles. The summed E-state index contributed by atoms with van der Waals surface area (Å²) in [5.41, 5.74) is 0. The summed E-state index contributed by atoms with van der Waals surface area (Å²) >= 11 is 0. The third-order valence-corrected chi connectivity index (χ3v) is 7.21. The Morgan fingerprint density at radius 1 is 0.833 bits per heavy atom. The van der Waals surface area contributed by atoms with Gasteiger partial charge in [-0.2, -0.15) is 0 Å². The van der Waals surface area contributed by atoms with E-state index in [2.05, 4.69) is 61.3 Å². The Bertz CT molecular complexity index is 386. The van der Waals surface area contributed by atoms with E-state index in [0.29, 0.717) is 24.2 Å². The summed E-state index contributed by atoms with van der Waals surface area (Å²) in [5, 5.41) is 0. The Morgan fingerprint density at radius 3 is 1.88 bits per heavy atom. The van der Waals surface area contributed by atoms with E-state index >= 15 is 0 Å². The van der Waals surface area contributed by atoms with Gasteiger partial charge in [0.1, 0.15) is 0 Å². The molecule has 0 N–H and O–H groups in total. The first-order chi connectivity index (χ1) is 11.4. The summed E-state index contributed by atoms with van der Waals surface area (Å²) in [5.74, 6) is 0. The van der Waals surface area contributed by atoms with Gasteiger partial charge in [0.05, 0.1) is 0 Å². The predicted molar refractivity (Wildman–Crippen MR) is 103 cm³/mol. The third-order valence-electron chi connectivity index (χ3n) is 7.21. The van der Waals surface area contributed by atoms with Crippen LogP contribution in [0.15, 0.2) is 0 Å². The Labute approximate surface area is 150 Å². The summed E-state index contributed by atoms with van der Waals surface area (Å²) < 4.78 is 0. The zero-order valence-corrected chi connectivity index (χ0v) is 16.9. The first kappa shape index (κ1) is 18.6. The SMILES string of the molecule is CC(C)N1CC2CCC(C1)N2CCC(C)N1CC(C)N(C)C(C)C1. The summed E-state index contributed by atoms with van der Waals surface area (Å²) in [6.45, 7) is 18.3. The van der Waals surface area contributed by atoms with Gasteiger partial charge in [0, 0.05) is 69.0 Å². The van der Waals surface area contributed by atoms with Gasteiger partial charge in [-0.3, -0.25) is 19.6 Å². The van der Waals surface area contributed by atoms with Crippen molar-refractivity contribution in [3.8, 4) is 0 Å². The predicted octanol–water partition coefficient (Wildman–Crippen LogP) is 2.35. The minimum absolute atomic E-state index is 0.682. The molecule has 2 bridgehead atoms. The fourth-order valence-electron chi connectivity index (χ4n) is 5.13. The molecule has 3 rings (SSSR count). The first-order valence-electron chi connectivity index (χ1n) is 10.3. The second kappa shape index (κ2) is 7.61. The molecule has 0 aromatic heterocycles. The van der Waals surface area contributed by atoms with Gasteiger partial charge in [-0.15, -0.1) is 0 Å². The molecule has 0 amide bonds. The van der Waals surface area contributed by atoms with Gasteiger partial charge >= 0.3 is 0 Å². The summed E-state index contributed by atoms with van der Waals surface area (Å²) in [7, 11) is 2.28. The van der Waals surface area contributed by atoms with Gasteiger partial charge in [0.15, 0.2) is 0 Å². The molecule has 5 unspecified atom stereocenters. The number of likely N-dealkylation sites (tertiary alicyclic amines) is 1. The van der Waals surface area contributed by atoms with Gasteiger partial charge in [0.25, 0.3) is 0 Å². The van der Waals surface area contributed by atoms with Crippen molar-refractivity contribution in [1.82, 2.24) is 19.6 Å². The number of hydrogen-bond acceptors (Lipinski definition) is 4. The molecule has 4 heteroatoms. The maximum Gasteiger partial charge on any atom is 0.0227 e. The zero-order valence-electron chi connectivity index (χ0n) is 16.9. The molecule has 3 saturated heterocycles. The average molecular weight is 337 g/mol. The lowest BCUT2D eigenvalue weighted by molar-refractivity contribution is 0.0196. The normalized spacial score (nSPS) is 38.1. The molecule has 0 radical (unpaired) electrons. The lowest BCUT2D eigenvalue weighted by Gasteiger charge is -2.46. The molecule has 24 heavy (non-hydrogen) atoms. The largest absolute Gasteiger partial charge is 0.298 e. The van der Waals surface area contributed by atoms with Crippen molar-refractivity contribution in [2.75, 3.05) is 39.8 Å². The second-order valence-corrected chi connectivity index (χ2v) is 9.13. The number of piperazine rings is 2. The smallest absolute Gasteiger partial charge is 0.0227 e. The number of nitrogens with zero attached hydrogens (tertiary/aromatic N) is 4. The summed E-state index contributed by atoms with van der Waals surface area (Å²) in [6, 6.07) is 4.44. The molecular formula is C20H40N4. The van der Waals surface area contributed by atoms with Crippen LogP contribution in [-0.4, -0.2) is 95.6 Å². The lowest BCUT2D eigenvalue weighted by Crippen LogP contribution is -2.58. The van der Waals surface area contributed by atoms with Crippen LogP contribution in [0.1, 0.15) is 53.9 Å². The maximum absolute atomic E-state index is 2.86. The average Bonchev–Trinajstić information content (AvgIpc) is 2.77. The van der Waals surface area contributed by atoms with Gasteiger partial charge < -0.3 is 0 Å². The topological polar surface area (TPSA) is 13.0 Å². The molecule has 0 spiro atoms. The Kier molecular flexibility index (Phi) is 5.90. The van der Waals surface area contributed by atoms with Gasteiger partial charge in [-0.25, -0.2) is 0 Å². The van der Waals surface area contributed by atoms with Crippen LogP contribution in [0.2, 0.25) is 0 Å². The monoisotopic (exact) mass is 336 g/mol. The lowest BCUT2D eigenvalue weighted by atomic mass is 10.0. The van der Waals surface area contributed by atoms with Crippen LogP contribution in [0.4, 0.5) is 0 Å². The Morgan fingerprint density at radius 2 is 1.38 bits per heavy atom. The zero-order chi connectivity index (χ0) is 17.4. The van der Waals surface area contributed by atoms with Crippen LogP contribution < -0.4 is 0 Å². The maximum atomic E-state index is 2.86. The molecular weight excluding hydrogens is 296 g/mol. The third kappa shape index (κ3) is 3.82. The van der Waals surface area contributed by atoms with E-state index in [1.54, 1.807) is 0 Å². The van der Waals surface area contributed by atoms with Gasteiger partial charge in [-0.05, 0) is 60.9 Å². The molecule has 0 aromatic rings. The molecule has 0 saturated carbocycles. The van der Waals surface area contributed by atoms with Gasteiger partial charge in [0.2, 0.25) is 0 Å². The molecule has 140 valence electrons. The highest BCUT2D eigenvalue weighted by Crippen LogP contribution is 2.31. The van der Waals surface area contributed by atoms with E-state index in [1.807, 2.05) is 0 Å². The van der Waals surface area contributed by atoms with Crippen molar-refractivity contribution >= 4 is 0 Å². The minimum Gasteiger partial charge on any atom is -0.298 e. The van der Waals surface area contributed by atoms with Crippen LogP contribution >= 0.6 is 0 Å². The first-order valence-corrected chi connectivity index (χ1v) is 10.3. The van der Waals surface area contributed by atoms with Crippen LogP contribution in [-0.2, 0) is 0 Å². The van der Waals surface area contributed by atoms with Crippen LogP contribution in [0.3, 0.4) is 0 Å². The van der Waals surface area contributed by atoms with E-state index in [9.17, 15) is 0 Å². The fraction of sp³-hybridized carbons (Fsp3) is 1.00. The van der Waals surface area contributed by atoms with Crippen molar-refractivity contribution in [2.45, 2.75) is 90.1 Å². The summed E-state index contributed by atoms with van der Waals surface area (Å²) in [4.78, 5) is 10.8. The van der Waals surface area contributed by atoms with Crippen molar-refractivity contribution in [3.63, 3.8) is 0 Å². The number of fused-ring (bicyclic) bond motifs is 2. The highest BCUT2D eigenvalue weighted by molar-refractivity contribution is 4.97. The standard InChI is InChI=1S/C20H40N4/c1-15(2)22-13-19-7-8-20(14-22)24(19)10-9-16(3)23-11-17(4)21(6)18(5)12-23/h15-20H,7-14H2,1-6H3. The number of rotatable bonds is 5. The van der Waals surface area contributed by atoms with Crippen molar-refractivity contribution < 1.29 is 0 Å². The minimum atomic E-state index is 0.682. The molecule has 4 nitrogen and oxygen atoms in total. The van der Waals surface area contributed by atoms with Gasteiger partial charge in [-0.1, -0.05) is 0 Å². The van der Waals surface area contributed by atoms with E-state index in [4.69, 9.17) is 0 Å². The Balaban J connectivity index is 1.49. The molecule has 0 aromatic carbocycles. The second-order valence-electron chi connectivity index (χ2n) is 9.13. The van der Waals surface area contributed by atoms with Crippen molar-refractivity contribution in [3.05, 3.63) is 0 Å². The van der Waals surface area contributed by atoms with E-state index < -0.39 is 0 Å². The highest BCUT2D eigenvalue weighted by Gasteiger charge is 2.40. The number of hydrogen-bond donors (Lipinski definition) is 0. The molecule has 3 fully saturated rings. The number of likely N-dealkylation sites (N-methyl/N-ethyl adjacent to an activating group) is 1. The van der Waals surface area contributed by atoms with Crippen LogP contribution in [0.25, 0.3) is 0 Å².